The van der Waals surface area contributed by atoms with Crippen molar-refractivity contribution in [3.63, 3.8) is 0 Å². The number of hydrazine groups is 1. The number of ether oxygens (including phenoxy) is 1. The lowest BCUT2D eigenvalue weighted by atomic mass is 9.53. The first kappa shape index (κ1) is 27.5. The molecule has 0 radical (unpaired) electrons. The number of amides is 2. The van der Waals surface area contributed by atoms with E-state index in [9.17, 15) is 19.5 Å². The van der Waals surface area contributed by atoms with Crippen LogP contribution in [0.3, 0.4) is 0 Å². The number of hydrogen-bond donors (Lipinski definition) is 2. The van der Waals surface area contributed by atoms with Gasteiger partial charge >= 0.3 is 11.4 Å². The zero-order valence-corrected chi connectivity index (χ0v) is 24.4. The second-order valence-electron chi connectivity index (χ2n) is 11.6. The van der Waals surface area contributed by atoms with Gasteiger partial charge in [0.2, 0.25) is 0 Å². The number of methoxy groups -OCH3 is 1. The maximum Gasteiger partial charge on any atom is 0.347 e. The van der Waals surface area contributed by atoms with E-state index < -0.39 is 46.5 Å². The molecule has 2 aliphatic heterocycles. The largest absolute Gasteiger partial charge is 0.504 e. The number of anilines is 1. The third-order valence-electron chi connectivity index (χ3n) is 9.38. The number of phenolic OH excluding ortho intramolecular Hbond substituents is 1. The molecule has 4 atom stereocenters. The topological polar surface area (TPSA) is 128 Å². The monoisotopic (exact) mass is 593 g/mol. The number of allylic oxidation sites excluding steroid dienone is 2. The highest BCUT2D eigenvalue weighted by atomic mass is 16.5. The van der Waals surface area contributed by atoms with E-state index in [0.717, 1.165) is 20.7 Å². The van der Waals surface area contributed by atoms with E-state index in [1.165, 1.54) is 29.6 Å². The Hall–Kier alpha value is -5.32. The Balaban J connectivity index is 1.51. The number of benzene rings is 3. The number of carbonyl (C=O) groups excluding carboxylic acids is 2. The number of phenols is 1. The highest BCUT2D eigenvalue weighted by molar-refractivity contribution is 6.12. The zero-order valence-electron chi connectivity index (χ0n) is 24.4. The van der Waals surface area contributed by atoms with Crippen LogP contribution >= 0.6 is 0 Å². The summed E-state index contributed by atoms with van der Waals surface area (Å²) in [6.45, 7) is 2.07. The van der Waals surface area contributed by atoms with E-state index in [0.29, 0.717) is 16.8 Å². The molecule has 1 aliphatic carbocycles. The van der Waals surface area contributed by atoms with Gasteiger partial charge in [-0.05, 0) is 54.3 Å². The van der Waals surface area contributed by atoms with Crippen molar-refractivity contribution >= 4 is 17.5 Å². The summed E-state index contributed by atoms with van der Waals surface area (Å²) in [7, 11) is 2.87. The van der Waals surface area contributed by atoms with Gasteiger partial charge < -0.3 is 9.84 Å². The minimum atomic E-state index is -1.42. The quantitative estimate of drug-likeness (QED) is 0.269. The third kappa shape index (κ3) is 3.68. The molecule has 11 heteroatoms. The molecule has 4 aromatic rings. The molecule has 3 aromatic carbocycles. The Labute approximate surface area is 252 Å². The second-order valence-corrected chi connectivity index (χ2v) is 11.6. The van der Waals surface area contributed by atoms with Gasteiger partial charge in [0.15, 0.2) is 11.5 Å². The van der Waals surface area contributed by atoms with E-state index in [1.807, 2.05) is 55.5 Å². The van der Waals surface area contributed by atoms with Gasteiger partial charge in [-0.25, -0.2) is 23.5 Å². The maximum atomic E-state index is 15.0. The van der Waals surface area contributed by atoms with Crippen LogP contribution in [-0.4, -0.2) is 43.0 Å². The fourth-order valence-corrected chi connectivity index (χ4v) is 7.37. The number of aromatic nitrogens is 3. The van der Waals surface area contributed by atoms with Crippen LogP contribution in [0.4, 0.5) is 5.69 Å². The molecule has 7 rings (SSSR count). The number of nitrogens with one attached hydrogen (secondary N) is 1. The fraction of sp³-hybridized carbons (Fsp3) is 0.273. The average molecular weight is 594 g/mol. The van der Waals surface area contributed by atoms with Crippen molar-refractivity contribution in [3.05, 3.63) is 122 Å². The van der Waals surface area contributed by atoms with Gasteiger partial charge in [-0.2, -0.15) is 5.01 Å². The Morgan fingerprint density at radius 3 is 2.39 bits per heavy atom. The summed E-state index contributed by atoms with van der Waals surface area (Å²) in [6, 6.07) is 20.8. The molecular weight excluding hydrogens is 562 g/mol. The molecule has 0 spiro atoms. The SMILES string of the molecule is COc1cc([C@H]2C3=CCn4c(=O)n(C)c(=O)n4[C@@H]3C[C@H]3C(=O)N(Nc4ccc(C)cc4)C(=O)[C@@]23c2ccccc2)ccc1O. The molecule has 1 saturated carbocycles. The first-order valence-corrected chi connectivity index (χ1v) is 14.4. The molecule has 1 saturated heterocycles. The Morgan fingerprint density at radius 2 is 1.68 bits per heavy atom. The number of carbonyl (C=O) groups is 2. The van der Waals surface area contributed by atoms with Gasteiger partial charge in [0, 0.05) is 13.0 Å². The van der Waals surface area contributed by atoms with Gasteiger partial charge in [-0.15, -0.1) is 0 Å². The van der Waals surface area contributed by atoms with Crippen LogP contribution in [0.25, 0.3) is 0 Å². The molecule has 3 aliphatic rings. The van der Waals surface area contributed by atoms with Crippen molar-refractivity contribution in [2.45, 2.75) is 37.3 Å². The third-order valence-corrected chi connectivity index (χ3v) is 9.38. The number of fused-ring (bicyclic) bond motifs is 4. The summed E-state index contributed by atoms with van der Waals surface area (Å²) in [4.78, 5) is 55.9. The number of aromatic hydroxyl groups is 1. The molecule has 0 unspecified atom stereocenters. The van der Waals surface area contributed by atoms with E-state index in [1.54, 1.807) is 24.3 Å². The van der Waals surface area contributed by atoms with Crippen molar-refractivity contribution in [1.29, 1.82) is 0 Å². The minimum absolute atomic E-state index is 0.0730. The van der Waals surface area contributed by atoms with Gasteiger partial charge in [0.25, 0.3) is 11.8 Å². The van der Waals surface area contributed by atoms with Crippen LogP contribution in [0.2, 0.25) is 0 Å². The van der Waals surface area contributed by atoms with E-state index in [4.69, 9.17) is 4.74 Å². The number of nitrogens with zero attached hydrogens (tertiary/aromatic N) is 4. The highest BCUT2D eigenvalue weighted by Crippen LogP contribution is 2.62. The van der Waals surface area contributed by atoms with Crippen LogP contribution in [0.5, 0.6) is 11.5 Å². The molecule has 1 aromatic heterocycles. The predicted molar refractivity (Wildman–Crippen MR) is 161 cm³/mol. The molecule has 224 valence electrons. The van der Waals surface area contributed by atoms with Crippen LogP contribution in [-0.2, 0) is 28.6 Å². The standard InChI is InChI=1S/C33H31N5O6/c1-19-9-12-22(13-10-19)34-37-29(40)24-18-25-23(15-16-36-31(42)35(2)32(43)38(25)36)28(20-11-14-26(39)27(17-20)44-3)33(24,30(37)41)21-7-5-4-6-8-21/h4-15,17,24-25,28,34,39H,16,18H2,1-3H3/t24-,25+,28-,33+/m0/s1. The van der Waals surface area contributed by atoms with Crippen molar-refractivity contribution in [1.82, 2.24) is 18.9 Å². The van der Waals surface area contributed by atoms with Crippen LogP contribution in [0.1, 0.15) is 35.1 Å². The minimum Gasteiger partial charge on any atom is -0.504 e. The van der Waals surface area contributed by atoms with E-state index in [-0.39, 0.29) is 24.5 Å². The van der Waals surface area contributed by atoms with Gasteiger partial charge in [-0.3, -0.25) is 15.0 Å². The molecule has 0 bridgehead atoms. The lowest BCUT2D eigenvalue weighted by molar-refractivity contribution is -0.138. The summed E-state index contributed by atoms with van der Waals surface area (Å²) in [5, 5.41) is 11.6. The van der Waals surface area contributed by atoms with Gasteiger partial charge in [-0.1, -0.05) is 60.2 Å². The summed E-state index contributed by atoms with van der Waals surface area (Å²) in [5.41, 5.74) is 4.33. The van der Waals surface area contributed by atoms with Crippen molar-refractivity contribution in [2.75, 3.05) is 12.5 Å². The molecule has 2 N–H and O–H groups in total. The average Bonchev–Trinajstić information content (AvgIpc) is 3.39. The van der Waals surface area contributed by atoms with E-state index >= 15 is 4.79 Å². The first-order chi connectivity index (χ1) is 21.2. The molecule has 2 fully saturated rings. The Morgan fingerprint density at radius 1 is 0.955 bits per heavy atom. The number of aryl methyl sites for hydroxylation is 1. The summed E-state index contributed by atoms with van der Waals surface area (Å²) >= 11 is 0. The van der Waals surface area contributed by atoms with Gasteiger partial charge in [0.1, 0.15) is 0 Å². The second kappa shape index (κ2) is 9.87. The summed E-state index contributed by atoms with van der Waals surface area (Å²) in [5.74, 6) is -2.38. The zero-order chi connectivity index (χ0) is 30.9. The van der Waals surface area contributed by atoms with Crippen molar-refractivity contribution < 1.29 is 19.4 Å². The number of hydrogen-bond acceptors (Lipinski definition) is 7. The number of rotatable bonds is 5. The normalized spacial score (nSPS) is 23.9. The highest BCUT2D eigenvalue weighted by Gasteiger charge is 2.68. The van der Waals surface area contributed by atoms with Crippen LogP contribution in [0, 0.1) is 12.8 Å². The molecule has 11 nitrogen and oxygen atoms in total. The van der Waals surface area contributed by atoms with Crippen LogP contribution < -0.4 is 21.5 Å². The van der Waals surface area contributed by atoms with Crippen LogP contribution in [0.15, 0.2) is 94.0 Å². The molecule has 3 heterocycles. The fourth-order valence-electron chi connectivity index (χ4n) is 7.37. The molecule has 2 amide bonds. The summed E-state index contributed by atoms with van der Waals surface area (Å²) < 4.78 is 9.32. The number of imide groups is 1. The lowest BCUT2D eigenvalue weighted by Gasteiger charge is -2.49. The molecule has 44 heavy (non-hydrogen) atoms. The smallest absolute Gasteiger partial charge is 0.347 e. The Bertz CT molecular complexity index is 1970. The summed E-state index contributed by atoms with van der Waals surface area (Å²) in [6.07, 6.45) is 2.01. The van der Waals surface area contributed by atoms with Crippen molar-refractivity contribution in [3.8, 4) is 11.5 Å². The Kier molecular flexibility index (Phi) is 6.17. The van der Waals surface area contributed by atoms with Crippen molar-refractivity contribution in [2.24, 2.45) is 13.0 Å². The first-order valence-electron chi connectivity index (χ1n) is 14.4. The lowest BCUT2D eigenvalue weighted by Crippen LogP contribution is -2.53. The maximum absolute atomic E-state index is 15.0. The predicted octanol–water partition coefficient (Wildman–Crippen LogP) is 2.99. The van der Waals surface area contributed by atoms with Gasteiger partial charge in [0.05, 0.1) is 36.7 Å². The van der Waals surface area contributed by atoms with E-state index in [2.05, 4.69) is 5.43 Å². The molecular formula is C33H31N5O6.